The molecule has 0 aliphatic heterocycles. The van der Waals surface area contributed by atoms with Crippen LogP contribution < -0.4 is 5.32 Å². The van der Waals surface area contributed by atoms with E-state index in [1.54, 1.807) is 19.1 Å². The molecule has 0 aromatic heterocycles. The lowest BCUT2D eigenvalue weighted by molar-refractivity contribution is -0.118. The summed E-state index contributed by atoms with van der Waals surface area (Å²) in [6.45, 7) is 3.10. The first-order valence-corrected chi connectivity index (χ1v) is 6.26. The molecule has 16 heavy (non-hydrogen) atoms. The van der Waals surface area contributed by atoms with Crippen molar-refractivity contribution >= 4 is 43.6 Å². The Hall–Kier alpha value is -0.680. The highest BCUT2D eigenvalue weighted by Crippen LogP contribution is 2.21. The molecule has 1 aromatic rings. The molecule has 86 valence electrons. The molecule has 0 aliphatic carbocycles. The van der Waals surface area contributed by atoms with Crippen molar-refractivity contribution in [1.82, 2.24) is 5.32 Å². The Bertz CT molecular complexity index is 432. The van der Waals surface area contributed by atoms with Gasteiger partial charge in [0.25, 0.3) is 5.91 Å². The number of amides is 1. The summed E-state index contributed by atoms with van der Waals surface area (Å²) >= 11 is 6.58. The van der Waals surface area contributed by atoms with Crippen molar-refractivity contribution in [2.75, 3.05) is 0 Å². The molecule has 0 aliphatic rings. The molecule has 1 atom stereocenters. The van der Waals surface area contributed by atoms with Gasteiger partial charge in [0.15, 0.2) is 5.78 Å². The monoisotopic (exact) mass is 347 g/mol. The molecule has 0 saturated heterocycles. The molecule has 0 fully saturated rings. The fraction of sp³-hybridized carbons (Fsp3) is 0.273. The second-order valence-corrected chi connectivity index (χ2v) is 5.20. The molecule has 1 rings (SSSR count). The van der Waals surface area contributed by atoms with E-state index < -0.39 is 6.04 Å². The van der Waals surface area contributed by atoms with Gasteiger partial charge in [-0.2, -0.15) is 0 Å². The first kappa shape index (κ1) is 13.4. The Balaban J connectivity index is 2.88. The first-order valence-electron chi connectivity index (χ1n) is 4.68. The molecule has 1 N–H and O–H groups in total. The summed E-state index contributed by atoms with van der Waals surface area (Å²) in [7, 11) is 0. The lowest BCUT2D eigenvalue weighted by Crippen LogP contribution is -2.37. The van der Waals surface area contributed by atoms with Crippen molar-refractivity contribution in [1.29, 1.82) is 0 Å². The highest BCUT2D eigenvalue weighted by molar-refractivity contribution is 9.11. The van der Waals surface area contributed by atoms with Gasteiger partial charge in [-0.3, -0.25) is 9.59 Å². The maximum atomic E-state index is 11.8. The Morgan fingerprint density at radius 2 is 1.94 bits per heavy atom. The summed E-state index contributed by atoms with van der Waals surface area (Å²) in [6, 6.07) is 4.83. The van der Waals surface area contributed by atoms with E-state index in [4.69, 9.17) is 0 Å². The van der Waals surface area contributed by atoms with E-state index >= 15 is 0 Å². The van der Waals surface area contributed by atoms with Gasteiger partial charge in [-0.05, 0) is 48.0 Å². The SMILES string of the molecule is CC(=O)C(C)NC(=O)c1cc(Br)ccc1Br. The molecular weight excluding hydrogens is 338 g/mol. The van der Waals surface area contributed by atoms with Gasteiger partial charge in [0.2, 0.25) is 0 Å². The number of benzene rings is 1. The second-order valence-electron chi connectivity index (χ2n) is 3.43. The summed E-state index contributed by atoms with van der Waals surface area (Å²) < 4.78 is 1.51. The van der Waals surface area contributed by atoms with Crippen molar-refractivity contribution in [2.45, 2.75) is 19.9 Å². The van der Waals surface area contributed by atoms with Gasteiger partial charge in [0.1, 0.15) is 0 Å². The Kier molecular flexibility index (Phi) is 4.68. The van der Waals surface area contributed by atoms with Gasteiger partial charge in [-0.25, -0.2) is 0 Å². The Labute approximate surface area is 111 Å². The molecule has 0 radical (unpaired) electrons. The summed E-state index contributed by atoms with van der Waals surface area (Å²) in [6.07, 6.45) is 0. The number of nitrogens with one attached hydrogen (secondary N) is 1. The van der Waals surface area contributed by atoms with Gasteiger partial charge in [-0.1, -0.05) is 15.9 Å². The van der Waals surface area contributed by atoms with E-state index in [0.29, 0.717) is 10.0 Å². The number of halogens is 2. The average molecular weight is 349 g/mol. The van der Waals surface area contributed by atoms with E-state index in [2.05, 4.69) is 37.2 Å². The topological polar surface area (TPSA) is 46.2 Å². The zero-order chi connectivity index (χ0) is 12.3. The fourth-order valence-corrected chi connectivity index (χ4v) is 1.84. The number of rotatable bonds is 3. The third-order valence-electron chi connectivity index (χ3n) is 2.13. The van der Waals surface area contributed by atoms with E-state index in [1.807, 2.05) is 6.07 Å². The normalized spacial score (nSPS) is 12.0. The average Bonchev–Trinajstić information content (AvgIpc) is 2.21. The summed E-state index contributed by atoms with van der Waals surface area (Å²) in [5.74, 6) is -0.338. The largest absolute Gasteiger partial charge is 0.342 e. The minimum absolute atomic E-state index is 0.0699. The smallest absolute Gasteiger partial charge is 0.253 e. The van der Waals surface area contributed by atoms with Crippen LogP contribution in [0.25, 0.3) is 0 Å². The van der Waals surface area contributed by atoms with E-state index in [0.717, 1.165) is 4.47 Å². The quantitative estimate of drug-likeness (QED) is 0.912. The van der Waals surface area contributed by atoms with Gasteiger partial charge < -0.3 is 5.32 Å². The third-order valence-corrected chi connectivity index (χ3v) is 3.32. The van der Waals surface area contributed by atoms with Crippen LogP contribution >= 0.6 is 31.9 Å². The zero-order valence-electron chi connectivity index (χ0n) is 8.88. The number of ketones is 1. The first-order chi connectivity index (χ1) is 7.41. The Morgan fingerprint density at radius 1 is 1.31 bits per heavy atom. The predicted octanol–water partition coefficient (Wildman–Crippen LogP) is 2.92. The van der Waals surface area contributed by atoms with Crippen molar-refractivity contribution < 1.29 is 9.59 Å². The molecule has 3 nitrogen and oxygen atoms in total. The number of hydrogen-bond acceptors (Lipinski definition) is 2. The van der Waals surface area contributed by atoms with Crippen LogP contribution in [0.3, 0.4) is 0 Å². The van der Waals surface area contributed by atoms with Crippen molar-refractivity contribution in [3.63, 3.8) is 0 Å². The van der Waals surface area contributed by atoms with Gasteiger partial charge in [0.05, 0.1) is 11.6 Å². The minimum Gasteiger partial charge on any atom is -0.342 e. The third kappa shape index (κ3) is 3.42. The molecular formula is C11H11Br2NO2. The van der Waals surface area contributed by atoms with Crippen LogP contribution in [-0.4, -0.2) is 17.7 Å². The predicted molar refractivity (Wildman–Crippen MR) is 69.5 cm³/mol. The van der Waals surface area contributed by atoms with E-state index in [-0.39, 0.29) is 11.7 Å². The molecule has 5 heteroatoms. The summed E-state index contributed by atoms with van der Waals surface area (Å²) in [4.78, 5) is 22.8. The highest BCUT2D eigenvalue weighted by atomic mass is 79.9. The lowest BCUT2D eigenvalue weighted by Gasteiger charge is -2.11. The van der Waals surface area contributed by atoms with Crippen LogP contribution in [0, 0.1) is 0 Å². The van der Waals surface area contributed by atoms with Crippen LogP contribution in [0.1, 0.15) is 24.2 Å². The Morgan fingerprint density at radius 3 is 2.50 bits per heavy atom. The van der Waals surface area contributed by atoms with Crippen LogP contribution in [-0.2, 0) is 4.79 Å². The van der Waals surface area contributed by atoms with Crippen LogP contribution in [0.4, 0.5) is 0 Å². The van der Waals surface area contributed by atoms with Crippen LogP contribution in [0.2, 0.25) is 0 Å². The summed E-state index contributed by atoms with van der Waals surface area (Å²) in [5.41, 5.74) is 0.502. The van der Waals surface area contributed by atoms with Gasteiger partial charge >= 0.3 is 0 Å². The molecule has 0 bridgehead atoms. The molecule has 1 aromatic carbocycles. The molecule has 0 heterocycles. The van der Waals surface area contributed by atoms with Gasteiger partial charge in [0, 0.05) is 8.95 Å². The van der Waals surface area contributed by atoms with Crippen molar-refractivity contribution in [3.8, 4) is 0 Å². The van der Waals surface area contributed by atoms with Gasteiger partial charge in [-0.15, -0.1) is 0 Å². The van der Waals surface area contributed by atoms with E-state index in [9.17, 15) is 9.59 Å². The highest BCUT2D eigenvalue weighted by Gasteiger charge is 2.15. The maximum Gasteiger partial charge on any atom is 0.253 e. The standard InChI is InChI=1S/C11H11Br2NO2/c1-6(7(2)15)14-11(16)9-5-8(12)3-4-10(9)13/h3-6H,1-2H3,(H,14,16). The number of carbonyl (C=O) groups excluding carboxylic acids is 2. The lowest BCUT2D eigenvalue weighted by atomic mass is 10.2. The molecule has 0 saturated carbocycles. The zero-order valence-corrected chi connectivity index (χ0v) is 12.1. The fourth-order valence-electron chi connectivity index (χ4n) is 1.05. The number of hydrogen-bond donors (Lipinski definition) is 1. The number of carbonyl (C=O) groups is 2. The second kappa shape index (κ2) is 5.59. The molecule has 1 unspecified atom stereocenters. The minimum atomic E-state index is -0.474. The van der Waals surface area contributed by atoms with E-state index in [1.165, 1.54) is 6.92 Å². The van der Waals surface area contributed by atoms with Crippen molar-refractivity contribution in [2.24, 2.45) is 0 Å². The maximum absolute atomic E-state index is 11.8. The molecule has 1 amide bonds. The van der Waals surface area contributed by atoms with Crippen LogP contribution in [0.5, 0.6) is 0 Å². The number of Topliss-reactive ketones (excluding diaryl/α,β-unsaturated/α-hetero) is 1. The molecule has 0 spiro atoms. The van der Waals surface area contributed by atoms with Crippen molar-refractivity contribution in [3.05, 3.63) is 32.7 Å². The summed E-state index contributed by atoms with van der Waals surface area (Å²) in [5, 5.41) is 2.62. The van der Waals surface area contributed by atoms with Crippen LogP contribution in [0.15, 0.2) is 27.1 Å².